The van der Waals surface area contributed by atoms with Gasteiger partial charge in [-0.15, -0.1) is 0 Å². The lowest BCUT2D eigenvalue weighted by Gasteiger charge is -2.22. The van der Waals surface area contributed by atoms with Crippen LogP contribution in [0.25, 0.3) is 0 Å². The van der Waals surface area contributed by atoms with E-state index in [0.717, 1.165) is 19.4 Å². The van der Waals surface area contributed by atoms with E-state index in [-0.39, 0.29) is 12.1 Å². The summed E-state index contributed by atoms with van der Waals surface area (Å²) in [5, 5.41) is 2.83. The van der Waals surface area contributed by atoms with Gasteiger partial charge in [-0.2, -0.15) is 0 Å². The van der Waals surface area contributed by atoms with Gasteiger partial charge in [0.15, 0.2) is 0 Å². The highest BCUT2D eigenvalue weighted by Crippen LogP contribution is 2.08. The number of amides is 1. The highest BCUT2D eigenvalue weighted by molar-refractivity contribution is 5.68. The van der Waals surface area contributed by atoms with Crippen molar-refractivity contribution in [3.63, 3.8) is 0 Å². The predicted octanol–water partition coefficient (Wildman–Crippen LogP) is 1.19. The van der Waals surface area contributed by atoms with Crippen LogP contribution in [0.5, 0.6) is 0 Å². The summed E-state index contributed by atoms with van der Waals surface area (Å²) in [6.45, 7) is 6.92. The number of hydrogen-bond acceptors (Lipinski definition) is 4. The van der Waals surface area contributed by atoms with E-state index in [1.165, 1.54) is 0 Å². The van der Waals surface area contributed by atoms with Crippen molar-refractivity contribution in [2.24, 2.45) is 0 Å². The van der Waals surface area contributed by atoms with Crippen LogP contribution < -0.4 is 10.8 Å². The lowest BCUT2D eigenvalue weighted by Crippen LogP contribution is -2.39. The molecule has 1 aliphatic rings. The molecular formula is C10H20N2O3. The Labute approximate surface area is 90.5 Å². The Morgan fingerprint density at radius 2 is 2.20 bits per heavy atom. The monoisotopic (exact) mass is 216 g/mol. The minimum absolute atomic E-state index is 0.134. The first-order chi connectivity index (χ1) is 6.97. The second-order valence-corrected chi connectivity index (χ2v) is 4.66. The fourth-order valence-electron chi connectivity index (χ4n) is 1.34. The van der Waals surface area contributed by atoms with E-state index in [4.69, 9.17) is 9.57 Å². The summed E-state index contributed by atoms with van der Waals surface area (Å²) in [5.41, 5.74) is 2.37. The molecule has 0 bridgehead atoms. The van der Waals surface area contributed by atoms with Crippen molar-refractivity contribution in [3.8, 4) is 0 Å². The van der Waals surface area contributed by atoms with Gasteiger partial charge in [0.2, 0.25) is 0 Å². The lowest BCUT2D eigenvalue weighted by atomic mass is 10.1. The molecule has 0 aromatic carbocycles. The second-order valence-electron chi connectivity index (χ2n) is 4.66. The van der Waals surface area contributed by atoms with Gasteiger partial charge < -0.3 is 14.9 Å². The van der Waals surface area contributed by atoms with Crippen molar-refractivity contribution >= 4 is 6.09 Å². The zero-order valence-corrected chi connectivity index (χ0v) is 9.63. The molecule has 1 unspecified atom stereocenters. The molecule has 0 aliphatic carbocycles. The number of alkyl carbamates (subject to hydrolysis) is 1. The molecule has 1 fully saturated rings. The van der Waals surface area contributed by atoms with Crippen molar-refractivity contribution in [2.45, 2.75) is 45.3 Å². The molecule has 5 nitrogen and oxygen atoms in total. The van der Waals surface area contributed by atoms with Gasteiger partial charge in [-0.05, 0) is 33.6 Å². The molecule has 1 heterocycles. The Bertz CT molecular complexity index is 205. The molecule has 5 heteroatoms. The lowest BCUT2D eigenvalue weighted by molar-refractivity contribution is 0.0464. The molecule has 15 heavy (non-hydrogen) atoms. The summed E-state index contributed by atoms with van der Waals surface area (Å²) in [6, 6.07) is 0.134. The first-order valence-electron chi connectivity index (χ1n) is 5.31. The van der Waals surface area contributed by atoms with E-state index in [9.17, 15) is 4.79 Å². The van der Waals surface area contributed by atoms with Gasteiger partial charge >= 0.3 is 6.09 Å². The highest BCUT2D eigenvalue weighted by Gasteiger charge is 2.20. The smallest absolute Gasteiger partial charge is 0.407 e. The van der Waals surface area contributed by atoms with Crippen LogP contribution in [0, 0.1) is 0 Å². The zero-order valence-electron chi connectivity index (χ0n) is 9.63. The van der Waals surface area contributed by atoms with Crippen LogP contribution in [0.4, 0.5) is 4.79 Å². The molecule has 0 saturated carbocycles. The molecule has 1 atom stereocenters. The summed E-state index contributed by atoms with van der Waals surface area (Å²) in [4.78, 5) is 16.5. The molecular weight excluding hydrogens is 196 g/mol. The maximum absolute atomic E-state index is 11.4. The highest BCUT2D eigenvalue weighted by atomic mass is 16.6. The average Bonchev–Trinajstić information content (AvgIpc) is 2.28. The van der Waals surface area contributed by atoms with Crippen molar-refractivity contribution in [1.29, 1.82) is 0 Å². The molecule has 0 aromatic heterocycles. The van der Waals surface area contributed by atoms with Gasteiger partial charge in [0.05, 0.1) is 6.61 Å². The normalized spacial score (nSPS) is 23.0. The molecule has 88 valence electrons. The molecule has 0 aromatic rings. The third-order valence-corrected chi connectivity index (χ3v) is 1.99. The predicted molar refractivity (Wildman–Crippen MR) is 56.3 cm³/mol. The number of nitrogens with one attached hydrogen (secondary N) is 2. The Balaban J connectivity index is 2.30. The maximum atomic E-state index is 11.4. The Morgan fingerprint density at radius 3 is 2.87 bits per heavy atom. The van der Waals surface area contributed by atoms with Crippen molar-refractivity contribution in [3.05, 3.63) is 0 Å². The summed E-state index contributed by atoms with van der Waals surface area (Å²) < 4.78 is 5.17. The van der Waals surface area contributed by atoms with Crippen molar-refractivity contribution < 1.29 is 14.4 Å². The van der Waals surface area contributed by atoms with Crippen LogP contribution in [0.2, 0.25) is 0 Å². The van der Waals surface area contributed by atoms with Crippen LogP contribution in [-0.4, -0.2) is 30.9 Å². The number of hydrogen-bond donors (Lipinski definition) is 2. The van der Waals surface area contributed by atoms with Crippen LogP contribution in [0.1, 0.15) is 33.6 Å². The molecule has 1 rings (SSSR count). The number of carbonyl (C=O) groups excluding carboxylic acids is 1. The number of rotatable bonds is 1. The van der Waals surface area contributed by atoms with E-state index >= 15 is 0 Å². The van der Waals surface area contributed by atoms with E-state index < -0.39 is 5.60 Å². The summed E-state index contributed by atoms with van der Waals surface area (Å²) in [7, 11) is 0. The van der Waals surface area contributed by atoms with Gasteiger partial charge in [-0.25, -0.2) is 10.3 Å². The Hall–Kier alpha value is -0.810. The van der Waals surface area contributed by atoms with E-state index in [2.05, 4.69) is 10.8 Å². The van der Waals surface area contributed by atoms with Gasteiger partial charge in [0, 0.05) is 12.6 Å². The van der Waals surface area contributed by atoms with Crippen LogP contribution in [-0.2, 0) is 9.57 Å². The minimum atomic E-state index is -0.441. The Morgan fingerprint density at radius 1 is 1.47 bits per heavy atom. The van der Waals surface area contributed by atoms with Gasteiger partial charge in [0.25, 0.3) is 0 Å². The van der Waals surface area contributed by atoms with E-state index in [0.29, 0.717) is 6.61 Å². The number of hydroxylamine groups is 1. The van der Waals surface area contributed by atoms with Crippen LogP contribution >= 0.6 is 0 Å². The maximum Gasteiger partial charge on any atom is 0.407 e. The molecule has 2 N–H and O–H groups in total. The first kappa shape index (κ1) is 12.3. The zero-order chi connectivity index (χ0) is 11.3. The minimum Gasteiger partial charge on any atom is -0.444 e. The fourth-order valence-corrected chi connectivity index (χ4v) is 1.34. The summed E-state index contributed by atoms with van der Waals surface area (Å²) >= 11 is 0. The quantitative estimate of drug-likeness (QED) is 0.691. The third-order valence-electron chi connectivity index (χ3n) is 1.99. The second kappa shape index (κ2) is 5.32. The molecule has 1 amide bonds. The molecule has 1 aliphatic heterocycles. The molecule has 0 radical (unpaired) electrons. The summed E-state index contributed by atoms with van der Waals surface area (Å²) in [6.07, 6.45) is 1.32. The standard InChI is InChI=1S/C10H20N2O3/c1-10(2,3)15-9(13)12-8-4-6-11-14-7-5-8/h8,11H,4-7H2,1-3H3,(H,12,13). The first-order valence-corrected chi connectivity index (χ1v) is 5.31. The van der Waals surface area contributed by atoms with Gasteiger partial charge in [-0.1, -0.05) is 0 Å². The fraction of sp³-hybridized carbons (Fsp3) is 0.900. The SMILES string of the molecule is CC(C)(C)OC(=O)NC1CCNOCC1. The average molecular weight is 216 g/mol. The summed E-state index contributed by atoms with van der Waals surface area (Å²) in [5.74, 6) is 0. The van der Waals surface area contributed by atoms with E-state index in [1.807, 2.05) is 20.8 Å². The largest absolute Gasteiger partial charge is 0.444 e. The van der Waals surface area contributed by atoms with Gasteiger partial charge in [-0.3, -0.25) is 0 Å². The van der Waals surface area contributed by atoms with Gasteiger partial charge in [0.1, 0.15) is 5.60 Å². The molecule has 1 saturated heterocycles. The van der Waals surface area contributed by atoms with Crippen LogP contribution in [0.3, 0.4) is 0 Å². The Kier molecular flexibility index (Phi) is 4.35. The number of carbonyl (C=O) groups is 1. The van der Waals surface area contributed by atoms with Crippen molar-refractivity contribution in [2.75, 3.05) is 13.2 Å². The third kappa shape index (κ3) is 5.59. The van der Waals surface area contributed by atoms with Crippen molar-refractivity contribution in [1.82, 2.24) is 10.8 Å². The topological polar surface area (TPSA) is 59.6 Å². The van der Waals surface area contributed by atoms with Crippen LogP contribution in [0.15, 0.2) is 0 Å². The van der Waals surface area contributed by atoms with E-state index in [1.54, 1.807) is 0 Å². The molecule has 0 spiro atoms. The number of ether oxygens (including phenoxy) is 1.